The molecule has 0 aliphatic carbocycles. The summed E-state index contributed by atoms with van der Waals surface area (Å²) in [6.45, 7) is 4.48. The number of carbonyl (C=O) groups is 2. The third kappa shape index (κ3) is 3.90. The van der Waals surface area contributed by atoms with E-state index in [2.05, 4.69) is 10.3 Å². The SMILES string of the molecule is Cc1ccc(CNC(=O)c2cncc(C(=O)N3c4ccccc4CC3C)c2)cc1. The van der Waals surface area contributed by atoms with Crippen LogP contribution in [0.3, 0.4) is 0 Å². The Labute approximate surface area is 170 Å². The molecule has 1 aliphatic rings. The smallest absolute Gasteiger partial charge is 0.260 e. The van der Waals surface area contributed by atoms with Crippen LogP contribution in [0.25, 0.3) is 0 Å². The normalized spacial score (nSPS) is 15.1. The van der Waals surface area contributed by atoms with Crippen molar-refractivity contribution < 1.29 is 9.59 Å². The van der Waals surface area contributed by atoms with Crippen LogP contribution in [0.1, 0.15) is 44.3 Å². The van der Waals surface area contributed by atoms with Crippen LogP contribution in [0, 0.1) is 6.92 Å². The van der Waals surface area contributed by atoms with Crippen molar-refractivity contribution in [1.82, 2.24) is 10.3 Å². The summed E-state index contributed by atoms with van der Waals surface area (Å²) in [5.74, 6) is -0.384. The van der Waals surface area contributed by atoms with Crippen LogP contribution in [0.15, 0.2) is 67.0 Å². The Hall–Kier alpha value is -3.47. The molecule has 5 heteroatoms. The Morgan fingerprint density at radius 2 is 1.79 bits per heavy atom. The van der Waals surface area contributed by atoms with E-state index in [0.29, 0.717) is 17.7 Å². The molecule has 0 radical (unpaired) electrons. The van der Waals surface area contributed by atoms with Crippen molar-refractivity contribution in [2.24, 2.45) is 0 Å². The molecule has 29 heavy (non-hydrogen) atoms. The van der Waals surface area contributed by atoms with Crippen LogP contribution in [-0.2, 0) is 13.0 Å². The number of aromatic nitrogens is 1. The van der Waals surface area contributed by atoms with Crippen molar-refractivity contribution in [2.75, 3.05) is 4.90 Å². The molecule has 1 aliphatic heterocycles. The first-order valence-corrected chi connectivity index (χ1v) is 9.73. The zero-order valence-corrected chi connectivity index (χ0v) is 16.6. The van der Waals surface area contributed by atoms with Crippen molar-refractivity contribution in [2.45, 2.75) is 32.9 Å². The predicted octanol–water partition coefficient (Wildman–Crippen LogP) is 3.91. The number of hydrogen-bond donors (Lipinski definition) is 1. The summed E-state index contributed by atoms with van der Waals surface area (Å²) in [5, 5.41) is 2.89. The van der Waals surface area contributed by atoms with Gasteiger partial charge in [0.2, 0.25) is 0 Å². The first-order valence-electron chi connectivity index (χ1n) is 9.73. The monoisotopic (exact) mass is 385 g/mol. The maximum Gasteiger partial charge on any atom is 0.260 e. The van der Waals surface area contributed by atoms with Crippen molar-refractivity contribution in [1.29, 1.82) is 0 Å². The number of amides is 2. The molecular formula is C24H23N3O2. The van der Waals surface area contributed by atoms with Gasteiger partial charge < -0.3 is 10.2 Å². The largest absolute Gasteiger partial charge is 0.348 e. The number of aryl methyl sites for hydroxylation is 1. The minimum Gasteiger partial charge on any atom is -0.348 e. The molecule has 0 bridgehead atoms. The molecule has 1 atom stereocenters. The molecule has 3 aromatic rings. The fourth-order valence-electron chi connectivity index (χ4n) is 3.69. The van der Waals surface area contributed by atoms with E-state index in [9.17, 15) is 9.59 Å². The van der Waals surface area contributed by atoms with Crippen molar-refractivity contribution in [3.05, 3.63) is 94.8 Å². The average Bonchev–Trinajstić information content (AvgIpc) is 3.08. The van der Waals surface area contributed by atoms with Crippen LogP contribution in [0.5, 0.6) is 0 Å². The Balaban J connectivity index is 1.50. The molecule has 2 amide bonds. The lowest BCUT2D eigenvalue weighted by Crippen LogP contribution is -2.36. The van der Waals surface area contributed by atoms with Gasteiger partial charge >= 0.3 is 0 Å². The lowest BCUT2D eigenvalue weighted by molar-refractivity contribution is 0.0950. The molecular weight excluding hydrogens is 362 g/mol. The molecule has 0 fully saturated rings. The van der Waals surface area contributed by atoms with E-state index in [-0.39, 0.29) is 17.9 Å². The molecule has 1 N–H and O–H groups in total. The van der Waals surface area contributed by atoms with Gasteiger partial charge in [0.1, 0.15) is 0 Å². The molecule has 4 rings (SSSR count). The molecule has 0 saturated heterocycles. The van der Waals surface area contributed by atoms with Gasteiger partial charge in [-0.15, -0.1) is 0 Å². The quantitative estimate of drug-likeness (QED) is 0.741. The molecule has 2 aromatic carbocycles. The van der Waals surface area contributed by atoms with Gasteiger partial charge in [-0.2, -0.15) is 0 Å². The first-order chi connectivity index (χ1) is 14.0. The maximum absolute atomic E-state index is 13.2. The topological polar surface area (TPSA) is 62.3 Å². The minimum atomic E-state index is -0.248. The van der Waals surface area contributed by atoms with Gasteiger partial charge in [-0.05, 0) is 43.5 Å². The fraction of sp³-hybridized carbons (Fsp3) is 0.208. The standard InChI is InChI=1S/C24H23N3O2/c1-16-7-9-18(10-8-16)13-26-23(28)20-12-21(15-25-14-20)24(29)27-17(2)11-19-5-3-4-6-22(19)27/h3-10,12,14-15,17H,11,13H2,1-2H3,(H,26,28). The second-order valence-electron chi connectivity index (χ2n) is 7.49. The zero-order chi connectivity index (χ0) is 20.4. The van der Waals surface area contributed by atoms with E-state index < -0.39 is 0 Å². The fourth-order valence-corrected chi connectivity index (χ4v) is 3.69. The average molecular weight is 385 g/mol. The summed E-state index contributed by atoms with van der Waals surface area (Å²) < 4.78 is 0. The van der Waals surface area contributed by atoms with E-state index in [4.69, 9.17) is 0 Å². The third-order valence-corrected chi connectivity index (χ3v) is 5.25. The number of benzene rings is 2. The molecule has 1 aromatic heterocycles. The molecule has 2 heterocycles. The summed E-state index contributed by atoms with van der Waals surface area (Å²) in [6, 6.07) is 17.6. The minimum absolute atomic E-state index is 0.0684. The van der Waals surface area contributed by atoms with Crippen LogP contribution < -0.4 is 10.2 Å². The second-order valence-corrected chi connectivity index (χ2v) is 7.49. The summed E-state index contributed by atoms with van der Waals surface area (Å²) in [7, 11) is 0. The number of carbonyl (C=O) groups excluding carboxylic acids is 2. The highest BCUT2D eigenvalue weighted by Crippen LogP contribution is 2.33. The lowest BCUT2D eigenvalue weighted by Gasteiger charge is -2.22. The van der Waals surface area contributed by atoms with Crippen LogP contribution in [0.2, 0.25) is 0 Å². The summed E-state index contributed by atoms with van der Waals surface area (Å²) in [4.78, 5) is 31.7. The van der Waals surface area contributed by atoms with Gasteiger partial charge in [0.25, 0.3) is 11.8 Å². The van der Waals surface area contributed by atoms with E-state index in [1.165, 1.54) is 18.0 Å². The summed E-state index contributed by atoms with van der Waals surface area (Å²) in [5.41, 5.74) is 5.08. The molecule has 1 unspecified atom stereocenters. The number of anilines is 1. The Bertz CT molecular complexity index is 1060. The lowest BCUT2D eigenvalue weighted by atomic mass is 10.1. The van der Waals surface area contributed by atoms with Crippen LogP contribution in [0.4, 0.5) is 5.69 Å². The van der Waals surface area contributed by atoms with Crippen molar-refractivity contribution in [3.8, 4) is 0 Å². The van der Waals surface area contributed by atoms with Gasteiger partial charge in [0.05, 0.1) is 11.1 Å². The van der Waals surface area contributed by atoms with Crippen LogP contribution >= 0.6 is 0 Å². The summed E-state index contributed by atoms with van der Waals surface area (Å²) >= 11 is 0. The van der Waals surface area contributed by atoms with Gasteiger partial charge in [0.15, 0.2) is 0 Å². The van der Waals surface area contributed by atoms with Crippen LogP contribution in [-0.4, -0.2) is 22.8 Å². The van der Waals surface area contributed by atoms with E-state index in [0.717, 1.165) is 23.2 Å². The Morgan fingerprint density at radius 3 is 2.59 bits per heavy atom. The highest BCUT2D eigenvalue weighted by Gasteiger charge is 2.31. The second kappa shape index (κ2) is 7.87. The van der Waals surface area contributed by atoms with Crippen molar-refractivity contribution in [3.63, 3.8) is 0 Å². The third-order valence-electron chi connectivity index (χ3n) is 5.25. The van der Waals surface area contributed by atoms with E-state index >= 15 is 0 Å². The number of hydrogen-bond acceptors (Lipinski definition) is 3. The van der Waals surface area contributed by atoms with E-state index in [1.54, 1.807) is 11.0 Å². The van der Waals surface area contributed by atoms with Gasteiger partial charge in [-0.1, -0.05) is 48.0 Å². The number of nitrogens with one attached hydrogen (secondary N) is 1. The predicted molar refractivity (Wildman–Crippen MR) is 113 cm³/mol. The molecule has 0 saturated carbocycles. The number of pyridine rings is 1. The first kappa shape index (κ1) is 18.9. The van der Waals surface area contributed by atoms with Gasteiger partial charge in [-0.3, -0.25) is 14.6 Å². The van der Waals surface area contributed by atoms with Gasteiger partial charge in [-0.25, -0.2) is 0 Å². The highest BCUT2D eigenvalue weighted by atomic mass is 16.2. The van der Waals surface area contributed by atoms with Crippen molar-refractivity contribution >= 4 is 17.5 Å². The maximum atomic E-state index is 13.2. The molecule has 0 spiro atoms. The summed E-state index contributed by atoms with van der Waals surface area (Å²) in [6.07, 6.45) is 3.83. The number of fused-ring (bicyclic) bond motifs is 1. The van der Waals surface area contributed by atoms with Gasteiger partial charge in [0, 0.05) is 30.7 Å². The van der Waals surface area contributed by atoms with E-state index in [1.807, 2.05) is 62.4 Å². The Kier molecular flexibility index (Phi) is 5.12. The molecule has 5 nitrogen and oxygen atoms in total. The zero-order valence-electron chi connectivity index (χ0n) is 16.6. The number of nitrogens with zero attached hydrogens (tertiary/aromatic N) is 2. The highest BCUT2D eigenvalue weighted by molar-refractivity contribution is 6.08. The number of rotatable bonds is 4. The molecule has 146 valence electrons. The number of para-hydroxylation sites is 1. The Morgan fingerprint density at radius 1 is 1.07 bits per heavy atom.